The van der Waals surface area contributed by atoms with Gasteiger partial charge >= 0.3 is 0 Å². The van der Waals surface area contributed by atoms with Gasteiger partial charge in [0.1, 0.15) is 11.5 Å². The van der Waals surface area contributed by atoms with Crippen molar-refractivity contribution in [3.8, 4) is 11.3 Å². The fraction of sp³-hybridized carbons (Fsp3) is 0.444. The molecule has 3 aliphatic heterocycles. The molecule has 3 fully saturated rings. The summed E-state index contributed by atoms with van der Waals surface area (Å²) in [6, 6.07) is 12.5. The number of piperidine rings is 3. The van der Waals surface area contributed by atoms with E-state index in [2.05, 4.69) is 16.3 Å². The van der Waals surface area contributed by atoms with E-state index in [1.165, 1.54) is 32.5 Å². The van der Waals surface area contributed by atoms with E-state index in [-0.39, 0.29) is 0 Å². The van der Waals surface area contributed by atoms with Crippen LogP contribution in [0.3, 0.4) is 0 Å². The van der Waals surface area contributed by atoms with E-state index in [0.717, 1.165) is 34.6 Å². The van der Waals surface area contributed by atoms with Crippen LogP contribution in [0.4, 0.5) is 0 Å². The third-order valence-electron chi connectivity index (χ3n) is 4.97. The summed E-state index contributed by atoms with van der Waals surface area (Å²) in [7, 11) is 0. The number of halogens is 1. The van der Waals surface area contributed by atoms with Crippen LogP contribution in [0.25, 0.3) is 11.3 Å². The lowest BCUT2D eigenvalue weighted by molar-refractivity contribution is 0.0711. The first-order valence-electron chi connectivity index (χ1n) is 8.08. The third kappa shape index (κ3) is 2.94. The van der Waals surface area contributed by atoms with E-state index in [1.54, 1.807) is 0 Å². The average Bonchev–Trinajstić information content (AvgIpc) is 3.03. The van der Waals surface area contributed by atoms with Crippen molar-refractivity contribution < 1.29 is 4.42 Å². The molecule has 0 spiro atoms. The van der Waals surface area contributed by atoms with Crippen LogP contribution in [0.2, 0.25) is 5.02 Å². The molecule has 0 radical (unpaired) electrons. The molecule has 2 bridgehead atoms. The zero-order valence-corrected chi connectivity index (χ0v) is 13.4. The Hall–Kier alpha value is -1.29. The molecule has 1 aromatic carbocycles. The lowest BCUT2D eigenvalue weighted by atomic mass is 9.84. The van der Waals surface area contributed by atoms with Gasteiger partial charge in [-0.15, -0.1) is 0 Å². The molecule has 0 aliphatic carbocycles. The maximum absolute atomic E-state index is 6.04. The highest BCUT2D eigenvalue weighted by Crippen LogP contribution is 2.28. The second kappa shape index (κ2) is 6.07. The molecule has 1 N–H and O–H groups in total. The van der Waals surface area contributed by atoms with Crippen LogP contribution < -0.4 is 5.32 Å². The van der Waals surface area contributed by atoms with Gasteiger partial charge in [-0.25, -0.2) is 0 Å². The molecule has 4 heterocycles. The van der Waals surface area contributed by atoms with E-state index in [1.807, 2.05) is 30.3 Å². The van der Waals surface area contributed by atoms with Crippen LogP contribution in [-0.4, -0.2) is 30.6 Å². The highest BCUT2D eigenvalue weighted by Gasteiger charge is 2.33. The average molecular weight is 317 g/mol. The molecule has 0 amide bonds. The number of rotatable bonds is 4. The van der Waals surface area contributed by atoms with Gasteiger partial charge in [0.2, 0.25) is 0 Å². The molecular formula is C18H21ClN2O. The Morgan fingerprint density at radius 3 is 2.77 bits per heavy atom. The fourth-order valence-electron chi connectivity index (χ4n) is 3.70. The van der Waals surface area contributed by atoms with Crippen LogP contribution in [0.5, 0.6) is 0 Å². The minimum Gasteiger partial charge on any atom is -0.460 e. The number of hydrogen-bond donors (Lipinski definition) is 1. The van der Waals surface area contributed by atoms with Crippen molar-refractivity contribution in [3.05, 3.63) is 47.2 Å². The van der Waals surface area contributed by atoms with Gasteiger partial charge in [-0.05, 0) is 56.1 Å². The zero-order valence-electron chi connectivity index (χ0n) is 12.6. The lowest BCUT2D eigenvalue weighted by Gasteiger charge is -2.45. The predicted molar refractivity (Wildman–Crippen MR) is 88.9 cm³/mol. The minimum atomic E-state index is 0.613. The number of nitrogens with zero attached hydrogens (tertiary/aromatic N) is 1. The van der Waals surface area contributed by atoms with Crippen LogP contribution in [-0.2, 0) is 6.54 Å². The maximum Gasteiger partial charge on any atom is 0.134 e. The summed E-state index contributed by atoms with van der Waals surface area (Å²) in [4.78, 5) is 2.57. The first-order valence-corrected chi connectivity index (χ1v) is 8.46. The van der Waals surface area contributed by atoms with Crippen molar-refractivity contribution in [2.45, 2.75) is 25.4 Å². The molecule has 1 unspecified atom stereocenters. The third-order valence-corrected chi connectivity index (χ3v) is 5.20. The second-order valence-electron chi connectivity index (χ2n) is 6.40. The van der Waals surface area contributed by atoms with Gasteiger partial charge < -0.3 is 14.6 Å². The quantitative estimate of drug-likeness (QED) is 0.930. The van der Waals surface area contributed by atoms with E-state index in [9.17, 15) is 0 Å². The first-order chi connectivity index (χ1) is 10.8. The van der Waals surface area contributed by atoms with Gasteiger partial charge in [-0.3, -0.25) is 0 Å². The van der Waals surface area contributed by atoms with Gasteiger partial charge in [0.05, 0.1) is 6.54 Å². The summed E-state index contributed by atoms with van der Waals surface area (Å²) < 4.78 is 5.96. The van der Waals surface area contributed by atoms with E-state index in [4.69, 9.17) is 16.0 Å². The first kappa shape index (κ1) is 14.3. The molecule has 2 aromatic rings. The number of nitrogens with one attached hydrogen (secondary N) is 1. The Morgan fingerprint density at radius 1 is 1.18 bits per heavy atom. The van der Waals surface area contributed by atoms with Gasteiger partial charge in [0.15, 0.2) is 0 Å². The molecule has 3 saturated heterocycles. The summed E-state index contributed by atoms with van der Waals surface area (Å²) in [6.45, 7) is 4.55. The van der Waals surface area contributed by atoms with Gasteiger partial charge in [-0.2, -0.15) is 0 Å². The Bertz CT molecular complexity index is 646. The standard InChI is InChI=1S/C18H21ClN2O/c19-15-3-1-2-14(10-15)18-5-4-16(22-18)11-20-17-12-21-8-6-13(17)7-9-21/h1-5,10,13,17,20H,6-9,11-12H2. The second-order valence-corrected chi connectivity index (χ2v) is 6.84. The Kier molecular flexibility index (Phi) is 3.95. The predicted octanol–water partition coefficient (Wildman–Crippen LogP) is 3.78. The summed E-state index contributed by atoms with van der Waals surface area (Å²) >= 11 is 6.04. The van der Waals surface area contributed by atoms with E-state index in [0.29, 0.717) is 6.04 Å². The van der Waals surface area contributed by atoms with Crippen molar-refractivity contribution >= 4 is 11.6 Å². The van der Waals surface area contributed by atoms with Crippen LogP contribution in [0, 0.1) is 5.92 Å². The largest absolute Gasteiger partial charge is 0.460 e. The molecule has 5 rings (SSSR count). The van der Waals surface area contributed by atoms with Crippen LogP contribution >= 0.6 is 11.6 Å². The molecule has 0 saturated carbocycles. The zero-order chi connectivity index (χ0) is 14.9. The molecule has 4 heteroatoms. The van der Waals surface area contributed by atoms with Crippen molar-refractivity contribution in [1.29, 1.82) is 0 Å². The Balaban J connectivity index is 1.40. The SMILES string of the molecule is Clc1cccc(-c2ccc(CNC3CN4CCC3CC4)o2)c1. The van der Waals surface area contributed by atoms with Crippen molar-refractivity contribution in [2.24, 2.45) is 5.92 Å². The Labute approximate surface area is 136 Å². The molecule has 3 nitrogen and oxygen atoms in total. The number of furan rings is 1. The van der Waals surface area contributed by atoms with Gasteiger partial charge in [0, 0.05) is 23.2 Å². The van der Waals surface area contributed by atoms with Gasteiger partial charge in [-0.1, -0.05) is 23.7 Å². The normalized spacial score (nSPS) is 27.2. The number of benzene rings is 1. The Morgan fingerprint density at radius 2 is 2.05 bits per heavy atom. The number of fused-ring (bicyclic) bond motifs is 3. The number of hydrogen-bond acceptors (Lipinski definition) is 3. The van der Waals surface area contributed by atoms with Crippen LogP contribution in [0.1, 0.15) is 18.6 Å². The van der Waals surface area contributed by atoms with Crippen LogP contribution in [0.15, 0.2) is 40.8 Å². The summed E-state index contributed by atoms with van der Waals surface area (Å²) in [5.41, 5.74) is 1.03. The fourth-order valence-corrected chi connectivity index (χ4v) is 3.89. The topological polar surface area (TPSA) is 28.4 Å². The maximum atomic E-state index is 6.04. The molecule has 22 heavy (non-hydrogen) atoms. The molecule has 116 valence electrons. The highest BCUT2D eigenvalue weighted by atomic mass is 35.5. The lowest BCUT2D eigenvalue weighted by Crippen LogP contribution is -2.55. The van der Waals surface area contributed by atoms with Crippen molar-refractivity contribution in [3.63, 3.8) is 0 Å². The van der Waals surface area contributed by atoms with E-state index >= 15 is 0 Å². The van der Waals surface area contributed by atoms with Crippen molar-refractivity contribution in [2.75, 3.05) is 19.6 Å². The summed E-state index contributed by atoms with van der Waals surface area (Å²) in [5.74, 6) is 2.71. The molecule has 1 aromatic heterocycles. The summed E-state index contributed by atoms with van der Waals surface area (Å²) in [6.07, 6.45) is 2.67. The van der Waals surface area contributed by atoms with E-state index < -0.39 is 0 Å². The summed E-state index contributed by atoms with van der Waals surface area (Å²) in [5, 5.41) is 4.42. The molecular weight excluding hydrogens is 296 g/mol. The monoisotopic (exact) mass is 316 g/mol. The smallest absolute Gasteiger partial charge is 0.134 e. The van der Waals surface area contributed by atoms with Gasteiger partial charge in [0.25, 0.3) is 0 Å². The minimum absolute atomic E-state index is 0.613. The molecule has 3 aliphatic rings. The highest BCUT2D eigenvalue weighted by molar-refractivity contribution is 6.30. The van der Waals surface area contributed by atoms with Crippen molar-refractivity contribution in [1.82, 2.24) is 10.2 Å². The molecule has 1 atom stereocenters.